The van der Waals surface area contributed by atoms with Gasteiger partial charge < -0.3 is 30.4 Å². The molecule has 15 heteroatoms. The third-order valence-electron chi connectivity index (χ3n) is 7.65. The first kappa shape index (κ1) is 35.7. The molecular formula is C30H38ClF3N4O7. The van der Waals surface area contributed by atoms with Crippen molar-refractivity contribution in [2.45, 2.75) is 71.6 Å². The molecule has 0 saturated carbocycles. The molecule has 1 aliphatic rings. The van der Waals surface area contributed by atoms with E-state index in [9.17, 15) is 37.1 Å². The molecule has 0 spiro atoms. The number of Topliss-reactive ketones (excluding diaryl/α,β-unsaturated/α-hetero) is 1. The summed E-state index contributed by atoms with van der Waals surface area (Å²) >= 11 is 6.13. The maximum absolute atomic E-state index is 13.5. The van der Waals surface area contributed by atoms with E-state index in [4.69, 9.17) is 21.1 Å². The number of hydrogen-bond donors (Lipinski definition) is 4. The molecule has 3 amide bonds. The van der Waals surface area contributed by atoms with E-state index in [2.05, 4.69) is 20.9 Å². The Morgan fingerprint density at radius 1 is 1.09 bits per heavy atom. The number of aromatic nitrogens is 1. The number of ether oxygens (including phenoxy) is 2. The Labute approximate surface area is 263 Å². The van der Waals surface area contributed by atoms with Crippen molar-refractivity contribution < 1.29 is 46.6 Å². The molecule has 1 aromatic carbocycles. The third kappa shape index (κ3) is 8.89. The van der Waals surface area contributed by atoms with Gasteiger partial charge in [0.15, 0.2) is 17.8 Å². The number of aromatic amines is 1. The second-order valence-electron chi connectivity index (χ2n) is 12.0. The van der Waals surface area contributed by atoms with Crippen molar-refractivity contribution in [1.82, 2.24) is 20.9 Å². The average Bonchev–Trinajstić information content (AvgIpc) is 3.38. The number of halogens is 4. The molecule has 11 nitrogen and oxygen atoms in total. The SMILES string of the molecule is COc1cc(Cl)cc2[nH]c(C(=O)N[C@@H](CC(C)C)C(=O)N[C@@H](C[C@@H]3CCCNC3=O)C(=O)COC(=O)C(C)(C)C(F)(F)F)cc12. The number of carbonyl (C=O) groups excluding carboxylic acids is 5. The van der Waals surface area contributed by atoms with Crippen molar-refractivity contribution in [2.75, 3.05) is 20.3 Å². The van der Waals surface area contributed by atoms with Gasteiger partial charge in [0.2, 0.25) is 11.8 Å². The van der Waals surface area contributed by atoms with Crippen LogP contribution >= 0.6 is 11.6 Å². The van der Waals surface area contributed by atoms with Gasteiger partial charge in [0.05, 0.1) is 18.7 Å². The van der Waals surface area contributed by atoms with Crippen LogP contribution in [0.4, 0.5) is 13.2 Å². The number of H-pyrrole nitrogens is 1. The summed E-state index contributed by atoms with van der Waals surface area (Å²) in [7, 11) is 1.45. The largest absolute Gasteiger partial charge is 0.496 e. The Bertz CT molecular complexity index is 1440. The fraction of sp³-hybridized carbons (Fsp3) is 0.567. The summed E-state index contributed by atoms with van der Waals surface area (Å²) in [6.07, 6.45) is -3.92. The number of alkyl halides is 3. The highest BCUT2D eigenvalue weighted by Gasteiger charge is 2.54. The van der Waals surface area contributed by atoms with Crippen LogP contribution in [-0.4, -0.2) is 73.0 Å². The van der Waals surface area contributed by atoms with Crippen molar-refractivity contribution in [2.24, 2.45) is 17.3 Å². The third-order valence-corrected chi connectivity index (χ3v) is 7.87. The first-order chi connectivity index (χ1) is 20.9. The molecule has 2 heterocycles. The summed E-state index contributed by atoms with van der Waals surface area (Å²) in [6, 6.07) is 2.19. The summed E-state index contributed by atoms with van der Waals surface area (Å²) in [4.78, 5) is 67.6. The fourth-order valence-electron chi connectivity index (χ4n) is 4.82. The quantitative estimate of drug-likeness (QED) is 0.236. The van der Waals surface area contributed by atoms with E-state index in [1.165, 1.54) is 13.2 Å². The number of fused-ring (bicyclic) bond motifs is 1. The molecule has 3 atom stereocenters. The molecule has 3 rings (SSSR count). The highest BCUT2D eigenvalue weighted by Crippen LogP contribution is 2.38. The number of piperidine rings is 1. The standard InChI is InChI=1S/C30H38ClF3N4O7/c1-15(2)9-21(38-27(42)22-13-18-19(36-22)11-17(31)12-24(18)44-5)26(41)37-20(10-16-7-6-8-35-25(16)40)23(39)14-45-28(43)29(3,4)30(32,33)34/h11-13,15-16,20-21,36H,6-10,14H2,1-5H3,(H,35,40)(H,37,41)(H,38,42)/t16-,20-,21-/m0/s1. The van der Waals surface area contributed by atoms with Gasteiger partial charge in [-0.15, -0.1) is 0 Å². The molecule has 1 fully saturated rings. The van der Waals surface area contributed by atoms with Gasteiger partial charge in [0.25, 0.3) is 5.91 Å². The summed E-state index contributed by atoms with van der Waals surface area (Å²) in [5.41, 5.74) is -2.24. The van der Waals surface area contributed by atoms with E-state index in [1.807, 2.05) is 13.8 Å². The number of nitrogens with one attached hydrogen (secondary N) is 4. The zero-order valence-corrected chi connectivity index (χ0v) is 26.4. The van der Waals surface area contributed by atoms with Crippen LogP contribution in [0.3, 0.4) is 0 Å². The van der Waals surface area contributed by atoms with Gasteiger partial charge in [-0.25, -0.2) is 0 Å². The van der Waals surface area contributed by atoms with Gasteiger partial charge in [-0.2, -0.15) is 13.2 Å². The second kappa shape index (κ2) is 14.5. The Hall–Kier alpha value is -3.81. The highest BCUT2D eigenvalue weighted by molar-refractivity contribution is 6.31. The van der Waals surface area contributed by atoms with Crippen LogP contribution in [0.1, 0.15) is 63.9 Å². The highest BCUT2D eigenvalue weighted by atomic mass is 35.5. The van der Waals surface area contributed by atoms with Crippen LogP contribution in [0.25, 0.3) is 10.9 Å². The lowest BCUT2D eigenvalue weighted by molar-refractivity contribution is -0.224. The molecule has 2 aromatic rings. The molecule has 1 saturated heterocycles. The number of rotatable bonds is 13. The minimum atomic E-state index is -4.93. The number of methoxy groups -OCH3 is 1. The van der Waals surface area contributed by atoms with Crippen molar-refractivity contribution in [3.8, 4) is 5.75 Å². The van der Waals surface area contributed by atoms with Crippen LogP contribution in [0.5, 0.6) is 5.75 Å². The van der Waals surface area contributed by atoms with E-state index < -0.39 is 59.8 Å². The maximum atomic E-state index is 13.5. The van der Waals surface area contributed by atoms with Crippen molar-refractivity contribution in [3.05, 3.63) is 28.9 Å². The van der Waals surface area contributed by atoms with Gasteiger partial charge in [0, 0.05) is 22.9 Å². The molecule has 0 bridgehead atoms. The number of esters is 1. The van der Waals surface area contributed by atoms with E-state index in [1.54, 1.807) is 12.1 Å². The number of hydrogen-bond acceptors (Lipinski definition) is 7. The lowest BCUT2D eigenvalue weighted by Crippen LogP contribution is -2.54. The smallest absolute Gasteiger partial charge is 0.404 e. The van der Waals surface area contributed by atoms with E-state index in [0.29, 0.717) is 54.9 Å². The lowest BCUT2D eigenvalue weighted by Gasteiger charge is -2.29. The monoisotopic (exact) mass is 658 g/mol. The molecule has 248 valence electrons. The van der Waals surface area contributed by atoms with Crippen molar-refractivity contribution in [3.63, 3.8) is 0 Å². The van der Waals surface area contributed by atoms with Gasteiger partial charge in [-0.3, -0.25) is 24.0 Å². The summed E-state index contributed by atoms with van der Waals surface area (Å²) in [6.45, 7) is 4.28. The summed E-state index contributed by atoms with van der Waals surface area (Å²) in [5.74, 6) is -4.64. The predicted molar refractivity (Wildman–Crippen MR) is 159 cm³/mol. The maximum Gasteiger partial charge on any atom is 0.404 e. The number of carbonyl (C=O) groups is 5. The number of ketones is 1. The molecular weight excluding hydrogens is 621 g/mol. The summed E-state index contributed by atoms with van der Waals surface area (Å²) in [5, 5.41) is 8.85. The first-order valence-corrected chi connectivity index (χ1v) is 14.8. The average molecular weight is 659 g/mol. The Morgan fingerprint density at radius 3 is 2.38 bits per heavy atom. The Balaban J connectivity index is 1.81. The zero-order chi connectivity index (χ0) is 33.7. The topological polar surface area (TPSA) is 156 Å². The van der Waals surface area contributed by atoms with E-state index in [-0.39, 0.29) is 30.4 Å². The fourth-order valence-corrected chi connectivity index (χ4v) is 5.03. The number of benzene rings is 1. The molecule has 4 N–H and O–H groups in total. The van der Waals surface area contributed by atoms with Crippen molar-refractivity contribution in [1.29, 1.82) is 0 Å². The minimum Gasteiger partial charge on any atom is -0.496 e. The first-order valence-electron chi connectivity index (χ1n) is 14.5. The predicted octanol–water partition coefficient (Wildman–Crippen LogP) is 4.08. The van der Waals surface area contributed by atoms with Crippen LogP contribution in [-0.2, 0) is 23.9 Å². The van der Waals surface area contributed by atoms with Gasteiger partial charge in [-0.05, 0) is 63.6 Å². The molecule has 45 heavy (non-hydrogen) atoms. The van der Waals surface area contributed by atoms with Gasteiger partial charge >= 0.3 is 12.1 Å². The van der Waals surface area contributed by atoms with Crippen LogP contribution < -0.4 is 20.7 Å². The number of amides is 3. The van der Waals surface area contributed by atoms with Gasteiger partial charge in [-0.1, -0.05) is 25.4 Å². The minimum absolute atomic E-state index is 0.0912. The van der Waals surface area contributed by atoms with Crippen LogP contribution in [0.2, 0.25) is 5.02 Å². The zero-order valence-electron chi connectivity index (χ0n) is 25.7. The van der Waals surface area contributed by atoms with Crippen molar-refractivity contribution >= 4 is 52.0 Å². The molecule has 1 aliphatic heterocycles. The van der Waals surface area contributed by atoms with E-state index >= 15 is 0 Å². The Morgan fingerprint density at radius 2 is 1.78 bits per heavy atom. The molecule has 0 aliphatic carbocycles. The van der Waals surface area contributed by atoms with Crippen LogP contribution in [0, 0.1) is 17.3 Å². The van der Waals surface area contributed by atoms with Crippen LogP contribution in [0.15, 0.2) is 18.2 Å². The Kier molecular flexibility index (Phi) is 11.5. The second-order valence-corrected chi connectivity index (χ2v) is 12.4. The molecule has 0 radical (unpaired) electrons. The lowest BCUT2D eigenvalue weighted by atomic mass is 9.89. The van der Waals surface area contributed by atoms with E-state index in [0.717, 1.165) is 0 Å². The summed E-state index contributed by atoms with van der Waals surface area (Å²) < 4.78 is 49.9. The normalized spacial score (nSPS) is 16.9. The molecule has 1 aromatic heterocycles. The van der Waals surface area contributed by atoms with Gasteiger partial charge in [0.1, 0.15) is 17.5 Å². The molecule has 0 unspecified atom stereocenters.